The van der Waals surface area contributed by atoms with Gasteiger partial charge >= 0.3 is 0 Å². The van der Waals surface area contributed by atoms with Gasteiger partial charge in [0, 0.05) is 18.8 Å². The standard InChI is InChI=1S/C16H27ClN2O3S/c1-16(2,3)23(20,21)19-11-7-5-6-10-18-13-8-9-15(22-4)14(17)12-13/h8-9,12,18-19H,5-7,10-11H2,1-4H3. The number of unbranched alkanes of at least 4 members (excludes halogenated alkanes) is 2. The lowest BCUT2D eigenvalue weighted by Crippen LogP contribution is -2.39. The van der Waals surface area contributed by atoms with Crippen LogP contribution in [0.5, 0.6) is 5.75 Å². The van der Waals surface area contributed by atoms with Gasteiger partial charge < -0.3 is 10.1 Å². The van der Waals surface area contributed by atoms with E-state index in [0.717, 1.165) is 31.5 Å². The molecule has 0 saturated heterocycles. The van der Waals surface area contributed by atoms with Gasteiger partial charge in [-0.1, -0.05) is 18.0 Å². The van der Waals surface area contributed by atoms with E-state index >= 15 is 0 Å². The molecule has 0 heterocycles. The zero-order valence-corrected chi connectivity index (χ0v) is 15.9. The maximum atomic E-state index is 11.9. The van der Waals surface area contributed by atoms with E-state index < -0.39 is 14.8 Å². The maximum absolute atomic E-state index is 11.9. The van der Waals surface area contributed by atoms with Crippen molar-refractivity contribution in [3.05, 3.63) is 23.2 Å². The minimum Gasteiger partial charge on any atom is -0.495 e. The summed E-state index contributed by atoms with van der Waals surface area (Å²) in [5, 5.41) is 3.87. The van der Waals surface area contributed by atoms with Crippen LogP contribution in [0, 0.1) is 0 Å². The molecule has 0 saturated carbocycles. The molecule has 7 heteroatoms. The predicted octanol–water partition coefficient (Wildman–Crippen LogP) is 3.65. The molecule has 2 N–H and O–H groups in total. The molecule has 0 aliphatic rings. The first-order valence-corrected chi connectivity index (χ1v) is 9.60. The van der Waals surface area contributed by atoms with Crippen molar-refractivity contribution in [2.45, 2.75) is 44.8 Å². The van der Waals surface area contributed by atoms with E-state index in [1.807, 2.05) is 18.2 Å². The Hall–Kier alpha value is -0.980. The molecular formula is C16H27ClN2O3S. The van der Waals surface area contributed by atoms with Crippen LogP contribution in [0.1, 0.15) is 40.0 Å². The fourth-order valence-electron chi connectivity index (χ4n) is 1.86. The summed E-state index contributed by atoms with van der Waals surface area (Å²) in [6, 6.07) is 5.58. The molecular weight excluding hydrogens is 336 g/mol. The Morgan fingerprint density at radius 1 is 1.13 bits per heavy atom. The molecule has 0 fully saturated rings. The summed E-state index contributed by atoms with van der Waals surface area (Å²) in [6.07, 6.45) is 2.73. The molecule has 1 rings (SSSR count). The van der Waals surface area contributed by atoms with Crippen molar-refractivity contribution < 1.29 is 13.2 Å². The summed E-state index contributed by atoms with van der Waals surface area (Å²) < 4.78 is 30.7. The molecule has 1 aromatic carbocycles. The van der Waals surface area contributed by atoms with Crippen LogP contribution in [0.2, 0.25) is 5.02 Å². The zero-order chi connectivity index (χ0) is 17.5. The monoisotopic (exact) mass is 362 g/mol. The Kier molecular flexibility index (Phi) is 7.64. The van der Waals surface area contributed by atoms with Gasteiger partial charge in [0.1, 0.15) is 5.75 Å². The first kappa shape index (κ1) is 20.1. The topological polar surface area (TPSA) is 67.4 Å². The van der Waals surface area contributed by atoms with Crippen LogP contribution in [0.15, 0.2) is 18.2 Å². The minimum absolute atomic E-state index is 0.480. The van der Waals surface area contributed by atoms with Gasteiger partial charge in [0.25, 0.3) is 0 Å². The summed E-state index contributed by atoms with van der Waals surface area (Å²) in [7, 11) is -1.65. The number of rotatable bonds is 9. The third kappa shape index (κ3) is 6.57. The van der Waals surface area contributed by atoms with E-state index in [1.54, 1.807) is 27.9 Å². The third-order valence-electron chi connectivity index (χ3n) is 3.43. The fraction of sp³-hybridized carbons (Fsp3) is 0.625. The molecule has 23 heavy (non-hydrogen) atoms. The van der Waals surface area contributed by atoms with Crippen molar-refractivity contribution in [3.8, 4) is 5.75 Å². The molecule has 0 spiro atoms. The van der Waals surface area contributed by atoms with Gasteiger partial charge in [-0.05, 0) is 51.8 Å². The van der Waals surface area contributed by atoms with Crippen molar-refractivity contribution >= 4 is 27.3 Å². The first-order valence-electron chi connectivity index (χ1n) is 7.74. The molecule has 0 atom stereocenters. The van der Waals surface area contributed by atoms with Crippen molar-refractivity contribution in [1.82, 2.24) is 4.72 Å². The Morgan fingerprint density at radius 2 is 1.78 bits per heavy atom. The van der Waals surface area contributed by atoms with Crippen LogP contribution in [0.3, 0.4) is 0 Å². The van der Waals surface area contributed by atoms with Gasteiger partial charge in [0.2, 0.25) is 10.0 Å². The van der Waals surface area contributed by atoms with E-state index in [4.69, 9.17) is 16.3 Å². The van der Waals surface area contributed by atoms with Gasteiger partial charge in [0.05, 0.1) is 16.9 Å². The number of anilines is 1. The molecule has 0 bridgehead atoms. The van der Waals surface area contributed by atoms with Gasteiger partial charge in [-0.25, -0.2) is 13.1 Å². The fourth-order valence-corrected chi connectivity index (χ4v) is 2.96. The van der Waals surface area contributed by atoms with Crippen molar-refractivity contribution in [3.63, 3.8) is 0 Å². The molecule has 0 amide bonds. The number of hydrogen-bond donors (Lipinski definition) is 2. The van der Waals surface area contributed by atoms with E-state index in [9.17, 15) is 8.42 Å². The van der Waals surface area contributed by atoms with Gasteiger partial charge in [-0.3, -0.25) is 0 Å². The molecule has 5 nitrogen and oxygen atoms in total. The Labute approximate surface area is 144 Å². The molecule has 0 aliphatic heterocycles. The van der Waals surface area contributed by atoms with Crippen LogP contribution in [-0.4, -0.2) is 33.4 Å². The number of nitrogens with one attached hydrogen (secondary N) is 2. The van der Waals surface area contributed by atoms with E-state index in [1.165, 1.54) is 0 Å². The highest BCUT2D eigenvalue weighted by Gasteiger charge is 2.27. The van der Waals surface area contributed by atoms with Gasteiger partial charge in [0.15, 0.2) is 0 Å². The number of halogens is 1. The van der Waals surface area contributed by atoms with Crippen molar-refractivity contribution in [2.75, 3.05) is 25.5 Å². The third-order valence-corrected chi connectivity index (χ3v) is 5.92. The van der Waals surface area contributed by atoms with Crippen LogP contribution in [-0.2, 0) is 10.0 Å². The second-order valence-corrected chi connectivity index (χ2v) is 9.27. The molecule has 1 aromatic rings. The Morgan fingerprint density at radius 3 is 2.35 bits per heavy atom. The highest BCUT2D eigenvalue weighted by molar-refractivity contribution is 7.90. The molecule has 0 unspecified atom stereocenters. The quantitative estimate of drug-likeness (QED) is 0.658. The normalized spacial score (nSPS) is 12.2. The molecule has 132 valence electrons. The number of sulfonamides is 1. The van der Waals surface area contributed by atoms with E-state index in [2.05, 4.69) is 10.0 Å². The van der Waals surface area contributed by atoms with E-state index in [0.29, 0.717) is 17.3 Å². The lowest BCUT2D eigenvalue weighted by atomic mass is 10.2. The number of ether oxygens (including phenoxy) is 1. The van der Waals surface area contributed by atoms with Crippen LogP contribution >= 0.6 is 11.6 Å². The van der Waals surface area contributed by atoms with E-state index in [-0.39, 0.29) is 0 Å². The predicted molar refractivity (Wildman–Crippen MR) is 97.0 cm³/mol. The summed E-state index contributed by atoms with van der Waals surface area (Å²) >= 11 is 6.06. The first-order chi connectivity index (χ1) is 10.7. The van der Waals surface area contributed by atoms with Crippen LogP contribution < -0.4 is 14.8 Å². The number of hydrogen-bond acceptors (Lipinski definition) is 4. The van der Waals surface area contributed by atoms with Gasteiger partial charge in [-0.2, -0.15) is 0 Å². The lowest BCUT2D eigenvalue weighted by Gasteiger charge is -2.19. The zero-order valence-electron chi connectivity index (χ0n) is 14.3. The maximum Gasteiger partial charge on any atom is 0.216 e. The minimum atomic E-state index is -3.24. The summed E-state index contributed by atoms with van der Waals surface area (Å²) in [4.78, 5) is 0. The lowest BCUT2D eigenvalue weighted by molar-refractivity contribution is 0.415. The van der Waals surface area contributed by atoms with Crippen molar-refractivity contribution in [2.24, 2.45) is 0 Å². The number of benzene rings is 1. The molecule has 0 aliphatic carbocycles. The average molecular weight is 363 g/mol. The number of methoxy groups -OCH3 is 1. The highest BCUT2D eigenvalue weighted by atomic mass is 35.5. The largest absolute Gasteiger partial charge is 0.495 e. The van der Waals surface area contributed by atoms with Crippen LogP contribution in [0.25, 0.3) is 0 Å². The second-order valence-electron chi connectivity index (χ2n) is 6.35. The summed E-state index contributed by atoms with van der Waals surface area (Å²) in [6.45, 7) is 6.38. The Balaban J connectivity index is 2.20. The summed E-state index contributed by atoms with van der Waals surface area (Å²) in [5.41, 5.74) is 0.948. The van der Waals surface area contributed by atoms with Crippen LogP contribution in [0.4, 0.5) is 5.69 Å². The average Bonchev–Trinajstić information content (AvgIpc) is 2.45. The van der Waals surface area contributed by atoms with Gasteiger partial charge in [-0.15, -0.1) is 0 Å². The molecule has 0 aromatic heterocycles. The molecule has 0 radical (unpaired) electrons. The second kappa shape index (κ2) is 8.76. The highest BCUT2D eigenvalue weighted by Crippen LogP contribution is 2.27. The smallest absolute Gasteiger partial charge is 0.216 e. The summed E-state index contributed by atoms with van der Waals surface area (Å²) in [5.74, 6) is 0.656. The Bertz CT molecular complexity index is 598. The SMILES string of the molecule is COc1ccc(NCCCCCNS(=O)(=O)C(C)(C)C)cc1Cl. The van der Waals surface area contributed by atoms with Crippen molar-refractivity contribution in [1.29, 1.82) is 0 Å².